The van der Waals surface area contributed by atoms with Crippen LogP contribution in [0.1, 0.15) is 6.92 Å². The van der Waals surface area contributed by atoms with Crippen LogP contribution in [0, 0.1) is 0 Å². The van der Waals surface area contributed by atoms with Crippen molar-refractivity contribution < 1.29 is 49.0 Å². The number of carboxylic acids is 1. The van der Waals surface area contributed by atoms with Gasteiger partial charge in [0.25, 0.3) is 0 Å². The molecule has 0 bridgehead atoms. The van der Waals surface area contributed by atoms with Crippen LogP contribution >= 0.6 is 0 Å². The molecule has 0 aliphatic carbocycles. The van der Waals surface area contributed by atoms with Gasteiger partial charge in [-0.2, -0.15) is 0 Å². The van der Waals surface area contributed by atoms with E-state index in [4.69, 9.17) is 0 Å². The van der Waals surface area contributed by atoms with Crippen molar-refractivity contribution in [3.05, 3.63) is 11.8 Å². The number of allylic oxidation sites excluding steroid dienone is 1. The van der Waals surface area contributed by atoms with E-state index in [1.807, 2.05) is 0 Å². The van der Waals surface area contributed by atoms with E-state index in [2.05, 4.69) is 10.1 Å². The quantitative estimate of drug-likeness (QED) is 0.277. The third kappa shape index (κ3) is 9.39. The van der Waals surface area contributed by atoms with Crippen LogP contribution in [-0.4, -0.2) is 25.6 Å². The van der Waals surface area contributed by atoms with E-state index >= 15 is 0 Å². The van der Waals surface area contributed by atoms with Gasteiger partial charge >= 0.3 is 35.5 Å². The van der Waals surface area contributed by atoms with E-state index in [9.17, 15) is 14.7 Å². The van der Waals surface area contributed by atoms with Gasteiger partial charge in [0.1, 0.15) is 0 Å². The van der Waals surface area contributed by atoms with Crippen LogP contribution in [0.3, 0.4) is 0 Å². The van der Waals surface area contributed by atoms with E-state index in [0.717, 1.165) is 6.08 Å². The Balaban J connectivity index is 0. The van der Waals surface area contributed by atoms with Gasteiger partial charge in [0.05, 0.1) is 19.6 Å². The second kappa shape index (κ2) is 8.10. The summed E-state index contributed by atoms with van der Waals surface area (Å²) in [4.78, 5) is 20.5. The third-order valence-corrected chi connectivity index (χ3v) is 1.05. The molecule has 0 heterocycles. The molecule has 0 aliphatic heterocycles. The summed E-state index contributed by atoms with van der Waals surface area (Å²) < 4.78 is 4.31. The molecule has 0 aromatic carbocycles. The van der Waals surface area contributed by atoms with E-state index in [0.29, 0.717) is 5.70 Å². The van der Waals surface area contributed by atoms with Gasteiger partial charge in [-0.05, 0) is 6.92 Å². The molecule has 6 heteroatoms. The molecule has 1 N–H and O–H groups in total. The number of hydrogen-bond acceptors (Lipinski definition) is 5. The van der Waals surface area contributed by atoms with Gasteiger partial charge in [-0.3, -0.25) is 0 Å². The van der Waals surface area contributed by atoms with E-state index in [1.165, 1.54) is 7.11 Å². The summed E-state index contributed by atoms with van der Waals surface area (Å²) >= 11 is 0. The molecule has 68 valence electrons. The molecule has 5 nitrogen and oxygen atoms in total. The Morgan fingerprint density at radius 1 is 1.54 bits per heavy atom. The number of esters is 1. The molecule has 0 atom stereocenters. The fourth-order valence-electron chi connectivity index (χ4n) is 0.498. The molecule has 0 saturated heterocycles. The van der Waals surface area contributed by atoms with Gasteiger partial charge in [-0.1, -0.05) is 0 Å². The Morgan fingerprint density at radius 2 is 2.08 bits per heavy atom. The average molecular weight is 195 g/mol. The molecule has 0 spiro atoms. The van der Waals surface area contributed by atoms with Crippen molar-refractivity contribution in [1.29, 1.82) is 0 Å². The van der Waals surface area contributed by atoms with E-state index < -0.39 is 11.9 Å². The van der Waals surface area contributed by atoms with E-state index in [1.54, 1.807) is 6.92 Å². The molecule has 0 aliphatic rings. The number of nitrogens with one attached hydrogen (secondary N) is 1. The molecule has 0 amide bonds. The normalized spacial score (nSPS) is 9.85. The maximum Gasteiger partial charge on any atom is 1.00 e. The maximum atomic E-state index is 10.6. The zero-order valence-electron chi connectivity index (χ0n) is 7.92. The minimum absolute atomic E-state index is 0. The first kappa shape index (κ1) is 15.0. The predicted molar refractivity (Wildman–Crippen MR) is 38.8 cm³/mol. The molecule has 0 unspecified atom stereocenters. The molecule has 0 saturated carbocycles. The summed E-state index contributed by atoms with van der Waals surface area (Å²) in [6.45, 7) is 1.24. The Morgan fingerprint density at radius 3 is 2.46 bits per heavy atom. The Hall–Kier alpha value is -0.520. The first-order valence-electron chi connectivity index (χ1n) is 3.26. The second-order valence-corrected chi connectivity index (χ2v) is 2.08. The molecule has 0 aromatic heterocycles. The Kier molecular flexibility index (Phi) is 9.33. The summed E-state index contributed by atoms with van der Waals surface area (Å²) in [6.07, 6.45) is 1.16. The summed E-state index contributed by atoms with van der Waals surface area (Å²) in [5, 5.41) is 12.4. The molecular formula is C7H10NNaO4. The summed E-state index contributed by atoms with van der Waals surface area (Å²) in [5.74, 6) is -1.76. The Labute approximate surface area is 98.4 Å². The molecule has 0 fully saturated rings. The van der Waals surface area contributed by atoms with Crippen LogP contribution in [0.4, 0.5) is 0 Å². The fourth-order valence-corrected chi connectivity index (χ4v) is 0.498. The smallest absolute Gasteiger partial charge is 0.548 e. The molecule has 13 heavy (non-hydrogen) atoms. The van der Waals surface area contributed by atoms with Gasteiger partial charge in [-0.15, -0.1) is 0 Å². The summed E-state index contributed by atoms with van der Waals surface area (Å²) in [7, 11) is 1.24. The number of carboxylic acid groups (broad SMARTS) is 1. The standard InChI is InChI=1S/C7H11NO4.Na/c1-5(3-7(11)12-2)8-4-6(9)10;/h3,8H,4H2,1-2H3,(H,9,10);/q;+1/p-1. The molecule has 0 aromatic rings. The number of rotatable bonds is 4. The zero-order valence-corrected chi connectivity index (χ0v) is 9.92. The third-order valence-electron chi connectivity index (χ3n) is 1.05. The summed E-state index contributed by atoms with van der Waals surface area (Å²) in [5.41, 5.74) is 0.422. The van der Waals surface area contributed by atoms with Crippen LogP contribution in [0.5, 0.6) is 0 Å². The fraction of sp³-hybridized carbons (Fsp3) is 0.429. The van der Waals surface area contributed by atoms with Crippen LogP contribution in [-0.2, 0) is 14.3 Å². The van der Waals surface area contributed by atoms with Crippen LogP contribution in [0.25, 0.3) is 0 Å². The first-order valence-corrected chi connectivity index (χ1v) is 3.26. The largest absolute Gasteiger partial charge is 1.00 e. The number of carbonyl (C=O) groups excluding carboxylic acids is 2. The van der Waals surface area contributed by atoms with Crippen molar-refractivity contribution in [2.24, 2.45) is 0 Å². The van der Waals surface area contributed by atoms with Gasteiger partial charge in [0, 0.05) is 11.8 Å². The van der Waals surface area contributed by atoms with Gasteiger partial charge in [0.2, 0.25) is 0 Å². The maximum absolute atomic E-state index is 10.6. The van der Waals surface area contributed by atoms with Crippen LogP contribution in [0.15, 0.2) is 11.8 Å². The van der Waals surface area contributed by atoms with E-state index in [-0.39, 0.29) is 36.1 Å². The SMILES string of the molecule is COC(=O)C=C(C)NCC(=O)[O-].[Na+]. The minimum atomic E-state index is -1.23. The van der Waals surface area contributed by atoms with Gasteiger partial charge in [-0.25, -0.2) is 4.79 Å². The number of ether oxygens (including phenoxy) is 1. The van der Waals surface area contributed by atoms with Gasteiger partial charge in [0.15, 0.2) is 0 Å². The minimum Gasteiger partial charge on any atom is -0.548 e. The zero-order chi connectivity index (χ0) is 9.56. The van der Waals surface area contributed by atoms with Crippen molar-refractivity contribution >= 4 is 11.9 Å². The van der Waals surface area contributed by atoms with Gasteiger partial charge < -0.3 is 20.0 Å². The molecular weight excluding hydrogens is 185 g/mol. The molecule has 0 rings (SSSR count). The van der Waals surface area contributed by atoms with Crippen LogP contribution in [0.2, 0.25) is 0 Å². The predicted octanol–water partition coefficient (Wildman–Crippen LogP) is -4.59. The van der Waals surface area contributed by atoms with Crippen molar-refractivity contribution in [3.63, 3.8) is 0 Å². The topological polar surface area (TPSA) is 78.5 Å². The number of carbonyl (C=O) groups is 2. The second-order valence-electron chi connectivity index (χ2n) is 2.08. The average Bonchev–Trinajstić information content (AvgIpc) is 2.00. The first-order chi connectivity index (χ1) is 5.56. The van der Waals surface area contributed by atoms with Crippen LogP contribution < -0.4 is 40.0 Å². The summed E-state index contributed by atoms with van der Waals surface area (Å²) in [6, 6.07) is 0. The number of methoxy groups -OCH3 is 1. The Bertz CT molecular complexity index is 215. The number of hydrogen-bond donors (Lipinski definition) is 1. The molecule has 0 radical (unpaired) electrons. The van der Waals surface area contributed by atoms with Crippen molar-refractivity contribution in [2.45, 2.75) is 6.92 Å². The van der Waals surface area contributed by atoms with Crippen molar-refractivity contribution in [1.82, 2.24) is 5.32 Å². The van der Waals surface area contributed by atoms with Crippen molar-refractivity contribution in [2.75, 3.05) is 13.7 Å². The van der Waals surface area contributed by atoms with Crippen molar-refractivity contribution in [3.8, 4) is 0 Å². The number of aliphatic carboxylic acids is 1. The monoisotopic (exact) mass is 195 g/mol.